The van der Waals surface area contributed by atoms with Crippen molar-refractivity contribution in [3.8, 4) is 11.3 Å². The molecule has 180 valence electrons. The largest absolute Gasteiger partial charge is 0.335 e. The number of pyridine rings is 1. The number of nitrogens with zero attached hydrogens (tertiary/aromatic N) is 2. The van der Waals surface area contributed by atoms with Gasteiger partial charge >= 0.3 is 0 Å². The molecule has 1 amide bonds. The van der Waals surface area contributed by atoms with E-state index in [9.17, 15) is 4.79 Å². The number of carbonyl (C=O) groups excluding carboxylic acids is 1. The van der Waals surface area contributed by atoms with Crippen LogP contribution in [0.15, 0.2) is 72.8 Å². The number of aromatic nitrogens is 1. The minimum Gasteiger partial charge on any atom is -0.335 e. The molecule has 2 fully saturated rings. The molecule has 35 heavy (non-hydrogen) atoms. The van der Waals surface area contributed by atoms with Crippen LogP contribution in [0.1, 0.15) is 55.5 Å². The zero-order chi connectivity index (χ0) is 23.8. The van der Waals surface area contributed by atoms with Crippen molar-refractivity contribution < 1.29 is 4.79 Å². The molecule has 4 heteroatoms. The van der Waals surface area contributed by atoms with Gasteiger partial charge in [-0.2, -0.15) is 0 Å². The first-order chi connectivity index (χ1) is 17.2. The van der Waals surface area contributed by atoms with Gasteiger partial charge in [-0.15, -0.1) is 0 Å². The highest BCUT2D eigenvalue weighted by atomic mass is 16.2. The molecule has 1 N–H and O–H groups in total. The first kappa shape index (κ1) is 22.5. The van der Waals surface area contributed by atoms with Crippen LogP contribution < -0.4 is 5.32 Å². The summed E-state index contributed by atoms with van der Waals surface area (Å²) in [7, 11) is 0. The standard InChI is InChI=1S/C31H35N3O/c1-22-16-18-34(28(19-22)24-11-6-3-7-12-24)30(35)26-20-32-21-31(26)17-8-13-25-14-15-27(33-29(25)31)23-9-4-2-5-10-23/h2-7,9-12,14-15,22,26,28,32H,8,13,16-21H2,1H3/t22-,26?,28+,31-/m1/s1. The zero-order valence-electron chi connectivity index (χ0n) is 20.6. The van der Waals surface area contributed by atoms with Crippen LogP contribution in [0.2, 0.25) is 0 Å². The van der Waals surface area contributed by atoms with Gasteiger partial charge in [0, 0.05) is 30.6 Å². The third kappa shape index (κ3) is 3.98. The number of fused-ring (bicyclic) bond motifs is 2. The summed E-state index contributed by atoms with van der Waals surface area (Å²) in [5.41, 5.74) is 5.68. The molecule has 1 aromatic heterocycles. The van der Waals surface area contributed by atoms with Crippen molar-refractivity contribution in [1.29, 1.82) is 0 Å². The highest BCUT2D eigenvalue weighted by molar-refractivity contribution is 5.82. The minimum absolute atomic E-state index is 0.0697. The third-order valence-electron chi connectivity index (χ3n) is 8.68. The Bertz CT molecular complexity index is 1190. The van der Waals surface area contributed by atoms with Gasteiger partial charge in [0.15, 0.2) is 0 Å². The van der Waals surface area contributed by atoms with Crippen LogP contribution in [0, 0.1) is 11.8 Å². The van der Waals surface area contributed by atoms with Gasteiger partial charge in [-0.1, -0.05) is 73.7 Å². The van der Waals surface area contributed by atoms with Gasteiger partial charge in [0.05, 0.1) is 23.3 Å². The summed E-state index contributed by atoms with van der Waals surface area (Å²) in [5, 5.41) is 3.63. The van der Waals surface area contributed by atoms with E-state index in [0.29, 0.717) is 11.8 Å². The Labute approximate surface area is 208 Å². The Kier molecular flexibility index (Phi) is 5.93. The highest BCUT2D eigenvalue weighted by Gasteiger charge is 2.53. The molecular weight excluding hydrogens is 430 g/mol. The number of rotatable bonds is 3. The number of hydrogen-bond acceptors (Lipinski definition) is 3. The van der Waals surface area contributed by atoms with E-state index in [1.165, 1.54) is 11.1 Å². The molecule has 1 unspecified atom stereocenters. The molecular formula is C31H35N3O. The van der Waals surface area contributed by atoms with Crippen molar-refractivity contribution in [2.24, 2.45) is 11.8 Å². The monoisotopic (exact) mass is 465 g/mol. The molecule has 3 aliphatic rings. The SMILES string of the molecule is C[C@@H]1CCN(C(=O)C2CNC[C@]23CCCc2ccc(-c4ccccc4)nc23)[C@H](c2ccccc2)C1. The van der Waals surface area contributed by atoms with Crippen LogP contribution in [0.3, 0.4) is 0 Å². The lowest BCUT2D eigenvalue weighted by molar-refractivity contribution is -0.141. The number of nitrogens with one attached hydrogen (secondary N) is 1. The van der Waals surface area contributed by atoms with E-state index in [-0.39, 0.29) is 17.4 Å². The van der Waals surface area contributed by atoms with Crippen LogP contribution >= 0.6 is 0 Å². The lowest BCUT2D eigenvalue weighted by atomic mass is 9.66. The molecule has 0 radical (unpaired) electrons. The summed E-state index contributed by atoms with van der Waals surface area (Å²) < 4.78 is 0. The molecule has 1 spiro atoms. The molecule has 2 aliphatic heterocycles. The molecule has 6 rings (SSSR count). The van der Waals surface area contributed by atoms with Crippen LogP contribution in [0.25, 0.3) is 11.3 Å². The van der Waals surface area contributed by atoms with E-state index >= 15 is 0 Å². The quantitative estimate of drug-likeness (QED) is 0.552. The number of benzene rings is 2. The predicted molar refractivity (Wildman–Crippen MR) is 140 cm³/mol. The second-order valence-electron chi connectivity index (χ2n) is 10.9. The van der Waals surface area contributed by atoms with Gasteiger partial charge < -0.3 is 10.2 Å². The number of amides is 1. The third-order valence-corrected chi connectivity index (χ3v) is 8.68. The zero-order valence-corrected chi connectivity index (χ0v) is 20.6. The molecule has 1 aliphatic carbocycles. The Balaban J connectivity index is 1.37. The number of carbonyl (C=O) groups is 1. The lowest BCUT2D eigenvalue weighted by Crippen LogP contribution is -2.50. The number of hydrogen-bond donors (Lipinski definition) is 1. The molecule has 4 nitrogen and oxygen atoms in total. The Morgan fingerprint density at radius 2 is 1.80 bits per heavy atom. The van der Waals surface area contributed by atoms with Crippen molar-refractivity contribution in [3.05, 3.63) is 89.6 Å². The average molecular weight is 466 g/mol. The van der Waals surface area contributed by atoms with Gasteiger partial charge in [0.25, 0.3) is 0 Å². The van der Waals surface area contributed by atoms with E-state index in [1.807, 2.05) is 6.07 Å². The maximum atomic E-state index is 14.4. The predicted octanol–water partition coefficient (Wildman–Crippen LogP) is 5.54. The fourth-order valence-corrected chi connectivity index (χ4v) is 6.79. The summed E-state index contributed by atoms with van der Waals surface area (Å²) in [6.07, 6.45) is 5.30. The smallest absolute Gasteiger partial charge is 0.228 e. The summed E-state index contributed by atoms with van der Waals surface area (Å²) >= 11 is 0. The van der Waals surface area contributed by atoms with E-state index < -0.39 is 0 Å². The minimum atomic E-state index is -0.222. The molecule has 3 aromatic rings. The highest BCUT2D eigenvalue weighted by Crippen LogP contribution is 2.47. The van der Waals surface area contributed by atoms with Gasteiger partial charge in [0.2, 0.25) is 5.91 Å². The van der Waals surface area contributed by atoms with Crippen molar-refractivity contribution in [2.45, 2.75) is 50.5 Å². The summed E-state index contributed by atoms with van der Waals surface area (Å²) in [5.74, 6) is 0.876. The van der Waals surface area contributed by atoms with E-state index in [2.05, 4.69) is 83.9 Å². The molecule has 3 heterocycles. The topological polar surface area (TPSA) is 45.2 Å². The average Bonchev–Trinajstić information content (AvgIpc) is 3.33. The van der Waals surface area contributed by atoms with E-state index in [1.54, 1.807) is 0 Å². The normalized spacial score (nSPS) is 28.1. The van der Waals surface area contributed by atoms with Crippen molar-refractivity contribution in [1.82, 2.24) is 15.2 Å². The Hall–Kier alpha value is -2.98. The lowest BCUT2D eigenvalue weighted by Gasteiger charge is -2.44. The van der Waals surface area contributed by atoms with Crippen molar-refractivity contribution in [2.75, 3.05) is 19.6 Å². The first-order valence-electron chi connectivity index (χ1n) is 13.3. The van der Waals surface area contributed by atoms with E-state index in [4.69, 9.17) is 4.98 Å². The van der Waals surface area contributed by atoms with Crippen LogP contribution in [0.4, 0.5) is 0 Å². The first-order valence-corrected chi connectivity index (χ1v) is 13.3. The molecule has 2 saturated heterocycles. The maximum absolute atomic E-state index is 14.4. The second-order valence-corrected chi connectivity index (χ2v) is 10.9. The van der Waals surface area contributed by atoms with E-state index in [0.717, 1.165) is 68.7 Å². The van der Waals surface area contributed by atoms with Gasteiger partial charge in [-0.25, -0.2) is 0 Å². The number of piperidine rings is 1. The van der Waals surface area contributed by atoms with Crippen molar-refractivity contribution in [3.63, 3.8) is 0 Å². The molecule has 4 atom stereocenters. The van der Waals surface area contributed by atoms with Crippen molar-refractivity contribution >= 4 is 5.91 Å². The fraction of sp³-hybridized carbons (Fsp3) is 0.419. The summed E-state index contributed by atoms with van der Waals surface area (Å²) in [4.78, 5) is 21.9. The number of likely N-dealkylation sites (tertiary alicyclic amines) is 1. The Morgan fingerprint density at radius 1 is 1.03 bits per heavy atom. The van der Waals surface area contributed by atoms with Crippen LogP contribution in [-0.4, -0.2) is 35.4 Å². The number of aryl methyl sites for hydroxylation is 1. The summed E-state index contributed by atoms with van der Waals surface area (Å²) in [6, 6.07) is 25.6. The molecule has 2 aromatic carbocycles. The van der Waals surface area contributed by atoms with Crippen LogP contribution in [-0.2, 0) is 16.6 Å². The Morgan fingerprint density at radius 3 is 2.60 bits per heavy atom. The molecule has 0 bridgehead atoms. The van der Waals surface area contributed by atoms with Gasteiger partial charge in [-0.3, -0.25) is 9.78 Å². The second kappa shape index (κ2) is 9.23. The van der Waals surface area contributed by atoms with Gasteiger partial charge in [-0.05, 0) is 55.2 Å². The maximum Gasteiger partial charge on any atom is 0.228 e. The fourth-order valence-electron chi connectivity index (χ4n) is 6.79. The molecule has 0 saturated carbocycles. The summed E-state index contributed by atoms with van der Waals surface area (Å²) in [6.45, 7) is 4.74. The van der Waals surface area contributed by atoms with Gasteiger partial charge in [0.1, 0.15) is 0 Å². The van der Waals surface area contributed by atoms with Crippen LogP contribution in [0.5, 0.6) is 0 Å².